The molecule has 166 valence electrons. The monoisotopic (exact) mass is 452 g/mol. The number of aromatic nitrogens is 1. The van der Waals surface area contributed by atoms with E-state index in [-0.39, 0.29) is 12.3 Å². The highest BCUT2D eigenvalue weighted by molar-refractivity contribution is 6.30. The van der Waals surface area contributed by atoms with E-state index in [1.807, 2.05) is 55.5 Å². The van der Waals surface area contributed by atoms with Gasteiger partial charge in [0.15, 0.2) is 11.4 Å². The summed E-state index contributed by atoms with van der Waals surface area (Å²) in [7, 11) is 1.27. The van der Waals surface area contributed by atoms with E-state index < -0.39 is 17.4 Å². The number of ether oxygens (including phenoxy) is 2. The van der Waals surface area contributed by atoms with E-state index in [0.29, 0.717) is 10.8 Å². The fraction of sp³-hybridized carbons (Fsp3) is 0.240. The number of halogens is 1. The lowest BCUT2D eigenvalue weighted by molar-refractivity contribution is -0.146. The number of hydrogen-bond donors (Lipinski definition) is 1. The Kier molecular flexibility index (Phi) is 7.15. The lowest BCUT2D eigenvalue weighted by Gasteiger charge is -2.24. The zero-order chi connectivity index (χ0) is 23.3. The van der Waals surface area contributed by atoms with Gasteiger partial charge >= 0.3 is 5.97 Å². The van der Waals surface area contributed by atoms with Crippen molar-refractivity contribution in [2.75, 3.05) is 7.11 Å². The van der Waals surface area contributed by atoms with Crippen LogP contribution in [0.15, 0.2) is 60.8 Å². The minimum atomic E-state index is -1.23. The first-order valence-corrected chi connectivity index (χ1v) is 10.4. The summed E-state index contributed by atoms with van der Waals surface area (Å²) in [5, 5.41) is 3.27. The number of hydrogen-bond acceptors (Lipinski definition) is 5. The van der Waals surface area contributed by atoms with Gasteiger partial charge in [0.1, 0.15) is 12.1 Å². The molecule has 2 aromatic carbocycles. The number of pyridine rings is 1. The van der Waals surface area contributed by atoms with E-state index >= 15 is 0 Å². The Morgan fingerprint density at radius 3 is 2.47 bits per heavy atom. The average molecular weight is 453 g/mol. The second-order valence-corrected chi connectivity index (χ2v) is 8.27. The molecular formula is C25H25ClN2O4. The summed E-state index contributed by atoms with van der Waals surface area (Å²) >= 11 is 6.17. The number of carbonyl (C=O) groups excluding carboxylic acids is 2. The fourth-order valence-electron chi connectivity index (χ4n) is 3.25. The molecule has 0 saturated carbocycles. The van der Waals surface area contributed by atoms with Crippen molar-refractivity contribution in [3.63, 3.8) is 0 Å². The number of rotatable bonds is 7. The number of benzene rings is 2. The summed E-state index contributed by atoms with van der Waals surface area (Å²) in [6, 6.07) is 17.0. The summed E-state index contributed by atoms with van der Waals surface area (Å²) in [5.74, 6) is -0.765. The lowest BCUT2D eigenvalue weighted by Crippen LogP contribution is -2.50. The third kappa shape index (κ3) is 5.26. The Morgan fingerprint density at radius 2 is 1.81 bits per heavy atom. The van der Waals surface area contributed by atoms with Crippen LogP contribution in [-0.4, -0.2) is 29.5 Å². The van der Waals surface area contributed by atoms with Crippen LogP contribution in [-0.2, 0) is 16.1 Å². The summed E-state index contributed by atoms with van der Waals surface area (Å²) in [6.07, 6.45) is 1.61. The first-order valence-electron chi connectivity index (χ1n) is 10.1. The maximum atomic E-state index is 13.1. The molecule has 0 saturated heterocycles. The van der Waals surface area contributed by atoms with E-state index in [2.05, 4.69) is 10.3 Å². The third-order valence-electron chi connectivity index (χ3n) is 4.98. The molecule has 6 nitrogen and oxygen atoms in total. The van der Waals surface area contributed by atoms with Crippen LogP contribution in [0.5, 0.6) is 5.75 Å². The highest BCUT2D eigenvalue weighted by Crippen LogP contribution is 2.33. The van der Waals surface area contributed by atoms with E-state index in [1.54, 1.807) is 26.1 Å². The normalized spacial score (nSPS) is 11.0. The molecule has 1 N–H and O–H groups in total. The molecule has 0 radical (unpaired) electrons. The smallest absolute Gasteiger partial charge is 0.330 e. The third-order valence-corrected chi connectivity index (χ3v) is 5.22. The molecule has 3 aromatic rings. The maximum absolute atomic E-state index is 13.1. The minimum Gasteiger partial charge on any atom is -0.486 e. The number of esters is 1. The molecule has 0 fully saturated rings. The van der Waals surface area contributed by atoms with Crippen LogP contribution in [0.2, 0.25) is 5.02 Å². The van der Waals surface area contributed by atoms with Gasteiger partial charge in [0.05, 0.1) is 7.11 Å². The summed E-state index contributed by atoms with van der Waals surface area (Å²) in [5.41, 5.74) is 2.18. The number of nitrogens with one attached hydrogen (secondary N) is 1. The standard InChI is InChI=1S/C25H25ClN2O4/c1-16-20(18-11-8-12-19(26)13-18)14-27-21(23(29)28-25(2,3)24(30)31-4)22(16)32-15-17-9-6-5-7-10-17/h5-14H,15H2,1-4H3,(H,28,29). The number of carbonyl (C=O) groups is 2. The van der Waals surface area contributed by atoms with Crippen molar-refractivity contribution in [3.8, 4) is 16.9 Å². The Labute approximate surface area is 192 Å². The van der Waals surface area contributed by atoms with Gasteiger partial charge in [0, 0.05) is 22.3 Å². The maximum Gasteiger partial charge on any atom is 0.330 e. The van der Waals surface area contributed by atoms with Gasteiger partial charge in [-0.3, -0.25) is 4.79 Å². The van der Waals surface area contributed by atoms with Crippen molar-refractivity contribution in [1.82, 2.24) is 10.3 Å². The SMILES string of the molecule is COC(=O)C(C)(C)NC(=O)c1ncc(-c2cccc(Cl)c2)c(C)c1OCc1ccccc1. The van der Waals surface area contributed by atoms with Crippen LogP contribution >= 0.6 is 11.6 Å². The molecule has 0 aliphatic heterocycles. The van der Waals surface area contributed by atoms with Gasteiger partial charge in [-0.1, -0.05) is 54.1 Å². The summed E-state index contributed by atoms with van der Waals surface area (Å²) in [6.45, 7) is 5.24. The van der Waals surface area contributed by atoms with Gasteiger partial charge in [-0.2, -0.15) is 0 Å². The second-order valence-electron chi connectivity index (χ2n) is 7.83. The van der Waals surface area contributed by atoms with Gasteiger partial charge in [-0.05, 0) is 44.0 Å². The Balaban J connectivity index is 2.02. The minimum absolute atomic E-state index is 0.0844. The predicted octanol–water partition coefficient (Wildman–Crippen LogP) is 4.97. The molecule has 0 aliphatic rings. The highest BCUT2D eigenvalue weighted by Gasteiger charge is 2.32. The van der Waals surface area contributed by atoms with E-state index in [9.17, 15) is 9.59 Å². The number of amides is 1. The Morgan fingerprint density at radius 1 is 1.09 bits per heavy atom. The molecule has 3 rings (SSSR count). The van der Waals surface area contributed by atoms with Crippen molar-refractivity contribution < 1.29 is 19.1 Å². The molecule has 32 heavy (non-hydrogen) atoms. The Bertz CT molecular complexity index is 1130. The molecule has 0 aliphatic carbocycles. The van der Waals surface area contributed by atoms with Crippen LogP contribution in [0.25, 0.3) is 11.1 Å². The largest absolute Gasteiger partial charge is 0.486 e. The van der Waals surface area contributed by atoms with Crippen molar-refractivity contribution >= 4 is 23.5 Å². The highest BCUT2D eigenvalue weighted by atomic mass is 35.5. The predicted molar refractivity (Wildman–Crippen MR) is 124 cm³/mol. The van der Waals surface area contributed by atoms with Gasteiger partial charge < -0.3 is 14.8 Å². The van der Waals surface area contributed by atoms with Crippen molar-refractivity contribution in [2.45, 2.75) is 32.9 Å². The van der Waals surface area contributed by atoms with Crippen molar-refractivity contribution in [2.24, 2.45) is 0 Å². The van der Waals surface area contributed by atoms with E-state index in [1.165, 1.54) is 7.11 Å². The van der Waals surface area contributed by atoms with Gasteiger partial charge in [-0.15, -0.1) is 0 Å². The van der Waals surface area contributed by atoms with Crippen molar-refractivity contribution in [1.29, 1.82) is 0 Å². The molecule has 0 bridgehead atoms. The van der Waals surface area contributed by atoms with Crippen LogP contribution in [0.1, 0.15) is 35.5 Å². The summed E-state index contributed by atoms with van der Waals surface area (Å²) < 4.78 is 10.9. The zero-order valence-electron chi connectivity index (χ0n) is 18.4. The molecule has 0 atom stereocenters. The number of methoxy groups -OCH3 is 1. The fourth-order valence-corrected chi connectivity index (χ4v) is 3.44. The quantitative estimate of drug-likeness (QED) is 0.512. The lowest BCUT2D eigenvalue weighted by atomic mass is 10.0. The average Bonchev–Trinajstić information content (AvgIpc) is 2.77. The molecular weight excluding hydrogens is 428 g/mol. The van der Waals surface area contributed by atoms with Crippen LogP contribution in [0.4, 0.5) is 0 Å². The zero-order valence-corrected chi connectivity index (χ0v) is 19.2. The molecule has 0 unspecified atom stereocenters. The van der Waals surface area contributed by atoms with Crippen LogP contribution in [0.3, 0.4) is 0 Å². The van der Waals surface area contributed by atoms with Gasteiger partial charge in [0.25, 0.3) is 5.91 Å². The molecule has 1 heterocycles. The topological polar surface area (TPSA) is 77.5 Å². The molecule has 1 amide bonds. The van der Waals surface area contributed by atoms with Crippen LogP contribution in [0, 0.1) is 6.92 Å². The van der Waals surface area contributed by atoms with Crippen molar-refractivity contribution in [3.05, 3.63) is 82.6 Å². The molecule has 7 heteroatoms. The van der Waals surface area contributed by atoms with Gasteiger partial charge in [-0.25, -0.2) is 9.78 Å². The van der Waals surface area contributed by atoms with E-state index in [0.717, 1.165) is 22.3 Å². The first-order chi connectivity index (χ1) is 15.2. The molecule has 0 spiro atoms. The first kappa shape index (κ1) is 23.3. The summed E-state index contributed by atoms with van der Waals surface area (Å²) in [4.78, 5) is 29.5. The number of nitrogens with zero attached hydrogens (tertiary/aromatic N) is 1. The second kappa shape index (κ2) is 9.83. The molecule has 1 aromatic heterocycles. The van der Waals surface area contributed by atoms with E-state index in [4.69, 9.17) is 21.1 Å². The Hall–Kier alpha value is -3.38. The van der Waals surface area contributed by atoms with Gasteiger partial charge in [0.2, 0.25) is 0 Å². The van der Waals surface area contributed by atoms with Crippen LogP contribution < -0.4 is 10.1 Å².